The molecule has 20 rings (SSSR count). The topological polar surface area (TPSA) is 10.9 Å². The molecule has 0 spiro atoms. The molecule has 0 bridgehead atoms. The average molecular weight is 1340 g/mol. The van der Waals surface area contributed by atoms with Gasteiger partial charge in [0.15, 0.2) is 0 Å². The van der Waals surface area contributed by atoms with Gasteiger partial charge in [-0.05, 0) is 226 Å². The maximum absolute atomic E-state index is 2.46. The van der Waals surface area contributed by atoms with Crippen LogP contribution in [0.3, 0.4) is 0 Å². The first-order valence-corrected chi connectivity index (χ1v) is 36.7. The normalized spacial score (nSPS) is 13.1. The van der Waals surface area contributed by atoms with Crippen molar-refractivity contribution in [3.8, 4) is 100 Å². The third-order valence-corrected chi connectivity index (χ3v) is 23.0. The molecule has 2 aliphatic carbocycles. The highest BCUT2D eigenvalue weighted by Gasteiger charge is 2.37. The molecule has 0 saturated heterocycles. The summed E-state index contributed by atoms with van der Waals surface area (Å²) in [5.74, 6) is 0. The zero-order chi connectivity index (χ0) is 70.1. The summed E-state index contributed by atoms with van der Waals surface area (Å²) in [4.78, 5) is 4.81. The smallest absolute Gasteiger partial charge is 0.0620 e. The largest absolute Gasteiger partial charge is 0.311 e. The molecule has 0 saturated carbocycles. The van der Waals surface area contributed by atoms with Crippen molar-refractivity contribution in [2.75, 3.05) is 9.80 Å². The first-order chi connectivity index (χ1) is 51.6. The van der Waals surface area contributed by atoms with E-state index in [0.29, 0.717) is 0 Å². The van der Waals surface area contributed by atoms with Gasteiger partial charge in [-0.25, -0.2) is 0 Å². The number of para-hydroxylation sites is 3. The van der Waals surface area contributed by atoms with Crippen LogP contribution in [0.4, 0.5) is 34.1 Å². The van der Waals surface area contributed by atoms with Gasteiger partial charge in [0, 0.05) is 66.4 Å². The number of fused-ring (bicyclic) bond motifs is 12. The molecule has 496 valence electrons. The van der Waals surface area contributed by atoms with E-state index in [1.165, 1.54) is 155 Å². The molecule has 0 fully saturated rings. The van der Waals surface area contributed by atoms with Crippen LogP contribution >= 0.6 is 0 Å². The number of rotatable bonds is 13. The van der Waals surface area contributed by atoms with E-state index in [1.807, 2.05) is 0 Å². The van der Waals surface area contributed by atoms with Crippen molar-refractivity contribution in [2.45, 2.75) is 38.5 Å². The fourth-order valence-electron chi connectivity index (χ4n) is 17.6. The quantitative estimate of drug-likeness (QED) is 0.114. The summed E-state index contributed by atoms with van der Waals surface area (Å²) in [6, 6.07) is 137. The monoisotopic (exact) mass is 1340 g/mol. The Labute approximate surface area is 613 Å². The maximum Gasteiger partial charge on any atom is 0.0620 e. The lowest BCUT2D eigenvalue weighted by Crippen LogP contribution is -2.15. The van der Waals surface area contributed by atoms with Crippen LogP contribution in [-0.4, -0.2) is 4.40 Å². The molecule has 3 heteroatoms. The predicted molar refractivity (Wildman–Crippen MR) is 444 cm³/mol. The summed E-state index contributed by atoms with van der Waals surface area (Å²) < 4.78 is 2.45. The molecule has 0 N–H and O–H groups in total. The Morgan fingerprint density at radius 3 is 1.02 bits per heavy atom. The molecule has 18 aromatic rings. The Morgan fingerprint density at radius 2 is 0.514 bits per heavy atom. The lowest BCUT2D eigenvalue weighted by Gasteiger charge is -2.28. The van der Waals surface area contributed by atoms with Crippen LogP contribution in [0.1, 0.15) is 49.9 Å². The van der Waals surface area contributed by atoms with Crippen molar-refractivity contribution < 1.29 is 0 Å². The van der Waals surface area contributed by atoms with Crippen LogP contribution in [0.25, 0.3) is 138 Å². The minimum absolute atomic E-state index is 0.0705. The van der Waals surface area contributed by atoms with Crippen LogP contribution in [-0.2, 0) is 10.8 Å². The van der Waals surface area contributed by atoms with Gasteiger partial charge in [-0.3, -0.25) is 0 Å². The van der Waals surface area contributed by atoms with Gasteiger partial charge in [0.1, 0.15) is 0 Å². The van der Waals surface area contributed by atoms with E-state index in [-0.39, 0.29) is 10.8 Å². The van der Waals surface area contributed by atoms with Crippen molar-refractivity contribution in [2.24, 2.45) is 0 Å². The summed E-state index contributed by atoms with van der Waals surface area (Å²) >= 11 is 0. The van der Waals surface area contributed by atoms with Crippen molar-refractivity contribution in [1.29, 1.82) is 0 Å². The van der Waals surface area contributed by atoms with E-state index in [9.17, 15) is 0 Å². The minimum Gasteiger partial charge on any atom is -0.311 e. The number of nitrogens with zero attached hydrogens (tertiary/aromatic N) is 3. The van der Waals surface area contributed by atoms with Crippen molar-refractivity contribution in [3.63, 3.8) is 0 Å². The zero-order valence-electron chi connectivity index (χ0n) is 59.1. The molecule has 105 heavy (non-hydrogen) atoms. The second-order valence-corrected chi connectivity index (χ2v) is 29.6. The predicted octanol–water partition coefficient (Wildman–Crippen LogP) is 28.1. The van der Waals surface area contributed by atoms with Gasteiger partial charge in [0.05, 0.1) is 22.2 Å². The number of hydrogen-bond acceptors (Lipinski definition) is 2. The van der Waals surface area contributed by atoms with Gasteiger partial charge in [-0.2, -0.15) is 0 Å². The van der Waals surface area contributed by atoms with E-state index in [0.717, 1.165) is 39.7 Å². The van der Waals surface area contributed by atoms with E-state index in [1.54, 1.807) is 0 Å². The summed E-state index contributed by atoms with van der Waals surface area (Å²) in [6.07, 6.45) is 0. The molecule has 3 nitrogen and oxygen atoms in total. The third kappa shape index (κ3) is 10.1. The molecular weight excluding hydrogens is 1270 g/mol. The number of anilines is 6. The summed E-state index contributed by atoms with van der Waals surface area (Å²) in [5, 5.41) is 5.12. The highest BCUT2D eigenvalue weighted by atomic mass is 15.1. The van der Waals surface area contributed by atoms with Crippen molar-refractivity contribution >= 4 is 72.2 Å². The van der Waals surface area contributed by atoms with Gasteiger partial charge < -0.3 is 14.2 Å². The van der Waals surface area contributed by atoms with Crippen LogP contribution < -0.4 is 9.80 Å². The first-order valence-electron chi connectivity index (χ1n) is 36.7. The van der Waals surface area contributed by atoms with E-state index < -0.39 is 0 Å². The van der Waals surface area contributed by atoms with Crippen molar-refractivity contribution in [1.82, 2.24) is 4.40 Å². The SMILES string of the molecule is CC1(C)c2ccccc2-c2ccc(-c3ccc(N(c4ccc(-c5ccc6c(c5)C(C)(C)c5cc(-c7ccccc7-c7ccc(N(c8ccc(-c9ccccc9)cc8)c8ccc(-c9cc%10c%11ccccc%11n%11c%12ccccc%12c(c9)c%10%11)cc8)cc7)ccc5-6)cc4)c4ccccc4-c4ccccc4)cc3)cc21. The fraction of sp³-hybridized carbons (Fsp3) is 0.0588. The summed E-state index contributed by atoms with van der Waals surface area (Å²) in [7, 11) is 0. The second-order valence-electron chi connectivity index (χ2n) is 29.6. The standard InChI is InChI=1S/C102H73N3/c1-101(2)93-31-17-13-28-85(93)86-58-45-73(63-94(86)101)68-37-52-80(53-38-68)104(97-32-18-14-27-84(97)71-23-9-6-10-24-71)81-54-39-69(40-55-81)74-46-59-87-88-60-47-75(65-96(88)102(3,4)95(87)64-74)83-26-12-11-25-82(83)72-43-56-79(57-44-72)103(77-48-35-67(36-49-77)66-21-7-5-8-22-66)78-50-41-70(42-51-78)76-61-91-89-29-15-19-33-98(89)105-99-34-20-16-30-90(99)92(62-76)100(91)105/h5-65H,1-4H3. The molecular formula is C102H73N3. The number of aromatic nitrogens is 1. The zero-order valence-corrected chi connectivity index (χ0v) is 59.1. The lowest BCUT2D eigenvalue weighted by molar-refractivity contribution is 0.660. The minimum atomic E-state index is -0.253. The molecule has 0 atom stereocenters. The Hall–Kier alpha value is -13.1. The molecule has 0 amide bonds. The molecule has 2 aliphatic rings. The Kier molecular flexibility index (Phi) is 14.3. The van der Waals surface area contributed by atoms with Crippen LogP contribution in [0.15, 0.2) is 370 Å². The van der Waals surface area contributed by atoms with Gasteiger partial charge >= 0.3 is 0 Å². The van der Waals surface area contributed by atoms with Crippen LogP contribution in [0, 0.1) is 0 Å². The fourth-order valence-corrected chi connectivity index (χ4v) is 17.6. The molecule has 2 heterocycles. The Balaban J connectivity index is 0.596. The molecule has 0 unspecified atom stereocenters. The molecule has 0 aliphatic heterocycles. The molecule has 16 aromatic carbocycles. The van der Waals surface area contributed by atoms with E-state index in [4.69, 9.17) is 0 Å². The highest BCUT2D eigenvalue weighted by Crippen LogP contribution is 2.54. The third-order valence-electron chi connectivity index (χ3n) is 23.0. The van der Waals surface area contributed by atoms with Crippen LogP contribution in [0.5, 0.6) is 0 Å². The second kappa shape index (κ2) is 24.3. The first kappa shape index (κ1) is 61.8. The van der Waals surface area contributed by atoms with Gasteiger partial charge in [-0.15, -0.1) is 0 Å². The van der Waals surface area contributed by atoms with E-state index >= 15 is 0 Å². The molecule has 2 aromatic heterocycles. The van der Waals surface area contributed by atoms with Gasteiger partial charge in [0.25, 0.3) is 0 Å². The molecule has 0 radical (unpaired) electrons. The van der Waals surface area contributed by atoms with Crippen molar-refractivity contribution in [3.05, 3.63) is 392 Å². The Morgan fingerprint density at radius 1 is 0.200 bits per heavy atom. The maximum atomic E-state index is 2.46. The number of benzene rings is 16. The number of hydrogen-bond donors (Lipinski definition) is 0. The van der Waals surface area contributed by atoms with E-state index in [2.05, 4.69) is 412 Å². The summed E-state index contributed by atoms with van der Waals surface area (Å²) in [5.41, 5.74) is 37.5. The van der Waals surface area contributed by atoms with Gasteiger partial charge in [-0.1, -0.05) is 289 Å². The highest BCUT2D eigenvalue weighted by molar-refractivity contribution is 6.24. The average Bonchev–Trinajstić information content (AvgIpc) is 1.53. The Bertz CT molecular complexity index is 6320. The van der Waals surface area contributed by atoms with Gasteiger partial charge in [0.2, 0.25) is 0 Å². The van der Waals surface area contributed by atoms with Crippen LogP contribution in [0.2, 0.25) is 0 Å². The summed E-state index contributed by atoms with van der Waals surface area (Å²) in [6.45, 7) is 9.52. The lowest BCUT2D eigenvalue weighted by atomic mass is 9.80.